The summed E-state index contributed by atoms with van der Waals surface area (Å²) in [5.74, 6) is -0.766. The number of aliphatic hydroxyl groups is 1. The zero-order valence-corrected chi connectivity index (χ0v) is 11.0. The summed E-state index contributed by atoms with van der Waals surface area (Å²) in [7, 11) is 0. The summed E-state index contributed by atoms with van der Waals surface area (Å²) < 4.78 is 26.8. The van der Waals surface area contributed by atoms with E-state index in [2.05, 4.69) is 15.9 Å². The van der Waals surface area contributed by atoms with Crippen LogP contribution in [0.5, 0.6) is 0 Å². The normalized spacial score (nSPS) is 12.4. The Morgan fingerprint density at radius 3 is 2.50 bits per heavy atom. The van der Waals surface area contributed by atoms with Crippen LogP contribution in [0.2, 0.25) is 0 Å². The maximum absolute atomic E-state index is 13.2. The van der Waals surface area contributed by atoms with Crippen molar-refractivity contribution in [2.45, 2.75) is 12.5 Å². The minimum atomic E-state index is -0.852. The predicted molar refractivity (Wildman–Crippen MR) is 69.2 cm³/mol. The van der Waals surface area contributed by atoms with E-state index in [4.69, 9.17) is 0 Å². The van der Waals surface area contributed by atoms with Crippen molar-refractivity contribution in [2.75, 3.05) is 0 Å². The highest BCUT2D eigenvalue weighted by molar-refractivity contribution is 9.10. The van der Waals surface area contributed by atoms with Gasteiger partial charge in [0, 0.05) is 10.9 Å². The van der Waals surface area contributed by atoms with Gasteiger partial charge >= 0.3 is 0 Å². The SMILES string of the molecule is OC(Cc1cc(F)cc(Br)c1)c1cccc(F)c1. The third-order valence-corrected chi connectivity index (χ3v) is 3.04. The molecule has 0 saturated carbocycles. The van der Waals surface area contributed by atoms with Crippen LogP contribution in [-0.2, 0) is 6.42 Å². The van der Waals surface area contributed by atoms with E-state index in [1.807, 2.05) is 0 Å². The summed E-state index contributed by atoms with van der Waals surface area (Å²) in [5.41, 5.74) is 1.13. The lowest BCUT2D eigenvalue weighted by atomic mass is 10.0. The molecule has 18 heavy (non-hydrogen) atoms. The highest BCUT2D eigenvalue weighted by Crippen LogP contribution is 2.22. The number of rotatable bonds is 3. The molecule has 2 aromatic rings. The first-order valence-corrected chi connectivity index (χ1v) is 6.22. The highest BCUT2D eigenvalue weighted by atomic mass is 79.9. The molecule has 4 heteroatoms. The summed E-state index contributed by atoms with van der Waals surface area (Å²) in [6.07, 6.45) is -0.616. The smallest absolute Gasteiger partial charge is 0.124 e. The predicted octanol–water partition coefficient (Wildman–Crippen LogP) is 4.00. The molecule has 0 aromatic heterocycles. The Bertz CT molecular complexity index is 537. The van der Waals surface area contributed by atoms with E-state index in [-0.39, 0.29) is 12.2 Å². The molecule has 94 valence electrons. The quantitative estimate of drug-likeness (QED) is 0.908. The van der Waals surface area contributed by atoms with E-state index >= 15 is 0 Å². The molecule has 1 nitrogen and oxygen atoms in total. The van der Waals surface area contributed by atoms with Crippen LogP contribution in [0.15, 0.2) is 46.9 Å². The first-order valence-electron chi connectivity index (χ1n) is 5.43. The molecular formula is C14H11BrF2O. The average molecular weight is 313 g/mol. The van der Waals surface area contributed by atoms with Gasteiger partial charge in [0.1, 0.15) is 11.6 Å². The van der Waals surface area contributed by atoms with Gasteiger partial charge in [0.2, 0.25) is 0 Å². The van der Waals surface area contributed by atoms with E-state index in [0.717, 1.165) is 0 Å². The first kappa shape index (κ1) is 13.2. The lowest BCUT2D eigenvalue weighted by molar-refractivity contribution is 0.178. The maximum Gasteiger partial charge on any atom is 0.124 e. The lowest BCUT2D eigenvalue weighted by Gasteiger charge is -2.11. The van der Waals surface area contributed by atoms with Crippen LogP contribution in [0.3, 0.4) is 0 Å². The fourth-order valence-corrected chi connectivity index (χ4v) is 2.30. The molecule has 0 bridgehead atoms. The second-order valence-electron chi connectivity index (χ2n) is 4.05. The van der Waals surface area contributed by atoms with Crippen molar-refractivity contribution in [3.63, 3.8) is 0 Å². The van der Waals surface area contributed by atoms with Gasteiger partial charge in [-0.15, -0.1) is 0 Å². The largest absolute Gasteiger partial charge is 0.388 e. The molecule has 1 atom stereocenters. The van der Waals surface area contributed by atoms with Crippen LogP contribution < -0.4 is 0 Å². The van der Waals surface area contributed by atoms with Crippen LogP contribution in [-0.4, -0.2) is 5.11 Å². The van der Waals surface area contributed by atoms with Gasteiger partial charge in [-0.25, -0.2) is 8.78 Å². The van der Waals surface area contributed by atoms with E-state index < -0.39 is 11.9 Å². The number of benzene rings is 2. The standard InChI is InChI=1S/C14H11BrF2O/c15-11-4-9(5-13(17)8-11)6-14(18)10-2-1-3-12(16)7-10/h1-5,7-8,14,18H,6H2. The Morgan fingerprint density at radius 1 is 1.06 bits per heavy atom. The third-order valence-electron chi connectivity index (χ3n) is 2.58. The zero-order chi connectivity index (χ0) is 13.1. The molecule has 0 radical (unpaired) electrons. The van der Waals surface area contributed by atoms with Crippen molar-refractivity contribution in [1.82, 2.24) is 0 Å². The molecule has 0 heterocycles. The van der Waals surface area contributed by atoms with Gasteiger partial charge in [0.05, 0.1) is 6.10 Å². The molecule has 2 aromatic carbocycles. The molecule has 2 rings (SSSR count). The first-order chi connectivity index (χ1) is 8.54. The molecule has 1 N–H and O–H groups in total. The monoisotopic (exact) mass is 312 g/mol. The van der Waals surface area contributed by atoms with Crippen molar-refractivity contribution < 1.29 is 13.9 Å². The number of hydrogen-bond donors (Lipinski definition) is 1. The van der Waals surface area contributed by atoms with Gasteiger partial charge in [-0.2, -0.15) is 0 Å². The van der Waals surface area contributed by atoms with Crippen LogP contribution in [0.25, 0.3) is 0 Å². The second kappa shape index (κ2) is 5.59. The molecule has 1 unspecified atom stereocenters. The minimum Gasteiger partial charge on any atom is -0.388 e. The van der Waals surface area contributed by atoms with Crippen molar-refractivity contribution in [2.24, 2.45) is 0 Å². The average Bonchev–Trinajstić information content (AvgIpc) is 2.27. The topological polar surface area (TPSA) is 20.2 Å². The van der Waals surface area contributed by atoms with E-state index in [9.17, 15) is 13.9 Å². The van der Waals surface area contributed by atoms with E-state index in [1.54, 1.807) is 12.1 Å². The molecule has 0 aliphatic heterocycles. The van der Waals surface area contributed by atoms with Gasteiger partial charge in [-0.3, -0.25) is 0 Å². The summed E-state index contributed by atoms with van der Waals surface area (Å²) >= 11 is 3.19. The highest BCUT2D eigenvalue weighted by Gasteiger charge is 2.10. The Labute approximate surface area is 112 Å². The molecule has 0 spiro atoms. The molecule has 0 aliphatic rings. The lowest BCUT2D eigenvalue weighted by Crippen LogP contribution is -2.02. The number of aliphatic hydroxyl groups excluding tert-OH is 1. The Balaban J connectivity index is 2.18. The third kappa shape index (κ3) is 3.37. The molecule has 0 saturated heterocycles. The van der Waals surface area contributed by atoms with Gasteiger partial charge in [-0.1, -0.05) is 28.1 Å². The van der Waals surface area contributed by atoms with E-state index in [1.165, 1.54) is 30.3 Å². The van der Waals surface area contributed by atoms with Crippen molar-refractivity contribution in [3.8, 4) is 0 Å². The molecular weight excluding hydrogens is 302 g/mol. The Morgan fingerprint density at radius 2 is 1.83 bits per heavy atom. The van der Waals surface area contributed by atoms with Gasteiger partial charge in [-0.05, 0) is 41.5 Å². The van der Waals surface area contributed by atoms with Crippen molar-refractivity contribution >= 4 is 15.9 Å². The zero-order valence-electron chi connectivity index (χ0n) is 9.41. The molecule has 0 aliphatic carbocycles. The van der Waals surface area contributed by atoms with Crippen molar-refractivity contribution in [3.05, 3.63) is 69.7 Å². The van der Waals surface area contributed by atoms with E-state index in [0.29, 0.717) is 15.6 Å². The maximum atomic E-state index is 13.2. The molecule has 0 amide bonds. The summed E-state index contributed by atoms with van der Waals surface area (Å²) in [5, 5.41) is 9.98. The van der Waals surface area contributed by atoms with Crippen LogP contribution >= 0.6 is 15.9 Å². The van der Waals surface area contributed by atoms with Crippen LogP contribution in [0, 0.1) is 11.6 Å². The van der Waals surface area contributed by atoms with Gasteiger partial charge in [0.25, 0.3) is 0 Å². The fraction of sp³-hybridized carbons (Fsp3) is 0.143. The van der Waals surface area contributed by atoms with Gasteiger partial charge in [0.15, 0.2) is 0 Å². The number of hydrogen-bond acceptors (Lipinski definition) is 1. The van der Waals surface area contributed by atoms with Crippen molar-refractivity contribution in [1.29, 1.82) is 0 Å². The summed E-state index contributed by atoms with van der Waals surface area (Å²) in [4.78, 5) is 0. The second-order valence-corrected chi connectivity index (χ2v) is 4.97. The summed E-state index contributed by atoms with van der Waals surface area (Å²) in [6.45, 7) is 0. The summed E-state index contributed by atoms with van der Waals surface area (Å²) in [6, 6.07) is 10.2. The Kier molecular flexibility index (Phi) is 4.09. The number of halogens is 3. The Hall–Kier alpha value is -1.26. The van der Waals surface area contributed by atoms with Crippen LogP contribution in [0.1, 0.15) is 17.2 Å². The molecule has 0 fully saturated rings. The van der Waals surface area contributed by atoms with Crippen LogP contribution in [0.4, 0.5) is 8.78 Å². The van der Waals surface area contributed by atoms with Gasteiger partial charge < -0.3 is 5.11 Å². The fourth-order valence-electron chi connectivity index (χ4n) is 1.78. The minimum absolute atomic E-state index is 0.236.